The summed E-state index contributed by atoms with van der Waals surface area (Å²) in [4.78, 5) is 28.3. The summed E-state index contributed by atoms with van der Waals surface area (Å²) in [6.07, 6.45) is 6.22. The summed E-state index contributed by atoms with van der Waals surface area (Å²) in [5, 5.41) is 2.95. The number of nitrogens with zero attached hydrogens (tertiary/aromatic N) is 2. The summed E-state index contributed by atoms with van der Waals surface area (Å²) < 4.78 is 33.8. The van der Waals surface area contributed by atoms with Crippen LogP contribution in [-0.4, -0.2) is 61.7 Å². The monoisotopic (exact) mass is 514 g/mol. The topological polar surface area (TPSA) is 105 Å². The van der Waals surface area contributed by atoms with Gasteiger partial charge < -0.3 is 9.64 Å². The number of likely N-dealkylation sites (N-methyl/N-ethyl adjacent to an activating group) is 1. The van der Waals surface area contributed by atoms with Crippen LogP contribution >= 0.6 is 11.3 Å². The molecule has 1 N–H and O–H groups in total. The molecule has 8 nitrogen and oxygen atoms in total. The number of fused-ring (bicyclic) bond motifs is 3. The Balaban J connectivity index is 0.000000623. The van der Waals surface area contributed by atoms with Crippen molar-refractivity contribution >= 4 is 43.0 Å². The number of ether oxygens (including phenoxy) is 1. The van der Waals surface area contributed by atoms with Gasteiger partial charge in [0, 0.05) is 18.3 Å². The summed E-state index contributed by atoms with van der Waals surface area (Å²) in [6.45, 7) is 0.953. The van der Waals surface area contributed by atoms with Crippen molar-refractivity contribution in [3.63, 3.8) is 0 Å². The largest absolute Gasteiger partial charge is 0.458 e. The molecule has 0 atom stereocenters. The number of carbonyl (C=O) groups excluding carboxylic acids is 1. The number of hydrogen-bond acceptors (Lipinski definition) is 7. The molecule has 4 aromatic rings. The number of pyridine rings is 2. The highest BCUT2D eigenvalue weighted by Crippen LogP contribution is 2.29. The van der Waals surface area contributed by atoms with Crippen LogP contribution in [0.5, 0.6) is 0 Å². The van der Waals surface area contributed by atoms with Crippen LogP contribution < -0.4 is 5.56 Å². The highest BCUT2D eigenvalue weighted by molar-refractivity contribution is 7.85. The van der Waals surface area contributed by atoms with E-state index in [2.05, 4.69) is 0 Å². The van der Waals surface area contributed by atoms with Crippen LogP contribution in [0.25, 0.3) is 26.7 Å². The molecule has 3 heterocycles. The van der Waals surface area contributed by atoms with Crippen LogP contribution in [0, 0.1) is 0 Å². The third-order valence-corrected chi connectivity index (χ3v) is 5.74. The molecule has 0 aliphatic carbocycles. The average Bonchev–Trinajstić information content (AvgIpc) is 3.27. The third kappa shape index (κ3) is 7.09. The lowest BCUT2D eigenvalue weighted by Gasteiger charge is -2.12. The molecule has 10 heteroatoms. The molecule has 0 unspecified atom stereocenters. The molecule has 1 aromatic carbocycles. The van der Waals surface area contributed by atoms with E-state index in [0.717, 1.165) is 22.2 Å². The third-order valence-electron chi connectivity index (χ3n) is 4.80. The minimum atomic E-state index is -3.67. The number of esters is 1. The zero-order valence-electron chi connectivity index (χ0n) is 19.5. The predicted molar refractivity (Wildman–Crippen MR) is 140 cm³/mol. The normalized spacial score (nSPS) is 11.7. The molecule has 0 radical (unpaired) electrons. The average molecular weight is 515 g/mol. The van der Waals surface area contributed by atoms with E-state index in [1.165, 1.54) is 11.3 Å². The minimum Gasteiger partial charge on any atom is -0.458 e. The fraction of sp³-hybridized carbons (Fsp3) is 0.200. The maximum absolute atomic E-state index is 13.2. The second-order valence-corrected chi connectivity index (χ2v) is 10.3. The molecule has 0 bridgehead atoms. The Morgan fingerprint density at radius 2 is 1.83 bits per heavy atom. The van der Waals surface area contributed by atoms with Gasteiger partial charge in [-0.2, -0.15) is 8.42 Å². The molecule has 0 spiro atoms. The molecule has 35 heavy (non-hydrogen) atoms. The highest BCUT2D eigenvalue weighted by atomic mass is 32.2. The molecule has 3 aromatic heterocycles. The van der Waals surface area contributed by atoms with E-state index in [1.807, 2.05) is 79.0 Å². The number of rotatable bonds is 6. The fourth-order valence-electron chi connectivity index (χ4n) is 3.34. The lowest BCUT2D eigenvalue weighted by Crippen LogP contribution is -2.19. The number of thiophene rings is 1. The van der Waals surface area contributed by atoms with Gasteiger partial charge in [0.2, 0.25) is 0 Å². The van der Waals surface area contributed by atoms with Gasteiger partial charge in [0.15, 0.2) is 0 Å². The number of carbonyl (C=O) groups is 1. The zero-order valence-corrected chi connectivity index (χ0v) is 21.2. The van der Waals surface area contributed by atoms with Crippen molar-refractivity contribution in [1.29, 1.82) is 0 Å². The molecule has 0 saturated carbocycles. The molecule has 0 aliphatic heterocycles. The zero-order chi connectivity index (χ0) is 25.6. The fourth-order valence-corrected chi connectivity index (χ4v) is 4.29. The molecule has 4 rings (SSSR count). The van der Waals surface area contributed by atoms with Crippen LogP contribution in [0.15, 0.2) is 77.1 Å². The smallest absolute Gasteiger partial charge is 0.340 e. The van der Waals surface area contributed by atoms with Crippen molar-refractivity contribution in [3.05, 3.63) is 88.2 Å². The number of benzene rings is 1. The first kappa shape index (κ1) is 26.3. The molecular formula is C25H26N2O6S2. The van der Waals surface area contributed by atoms with Crippen LogP contribution in [-0.2, 0) is 14.9 Å². The van der Waals surface area contributed by atoms with E-state index in [4.69, 9.17) is 9.29 Å². The maximum atomic E-state index is 13.2. The summed E-state index contributed by atoms with van der Waals surface area (Å²) in [5.41, 5.74) is 2.06. The Hall–Kier alpha value is -3.31. The second kappa shape index (κ2) is 11.4. The standard InChI is InChI=1S/C24H22N2O3S.CH4O3S/c1-25(2)12-6-7-14-29-24(28)20-16-19(17-8-4-3-5-9-17)23(27)26-13-10-18-11-15-30-22(18)21(20)26;1-5(2,3)4/h3-11,13,15-16H,12,14H2,1-2H3;1H3,(H,2,3,4). The van der Waals surface area contributed by atoms with Gasteiger partial charge in [0.05, 0.1) is 22.0 Å². The van der Waals surface area contributed by atoms with Gasteiger partial charge in [-0.15, -0.1) is 11.3 Å². The molecule has 0 fully saturated rings. The SMILES string of the molecule is CN(C)CC=CCOC(=O)c1cc(-c2ccccc2)c(=O)n2ccc3ccsc3c12.CS(=O)(=O)O. The summed E-state index contributed by atoms with van der Waals surface area (Å²) in [7, 11) is 0.281. The van der Waals surface area contributed by atoms with Crippen LogP contribution in [0.3, 0.4) is 0 Å². The number of hydrogen-bond donors (Lipinski definition) is 1. The van der Waals surface area contributed by atoms with E-state index in [0.29, 0.717) is 22.9 Å². The predicted octanol–water partition coefficient (Wildman–Crippen LogP) is 3.96. The van der Waals surface area contributed by atoms with Crippen LogP contribution in [0.1, 0.15) is 10.4 Å². The minimum absolute atomic E-state index is 0.158. The van der Waals surface area contributed by atoms with E-state index in [-0.39, 0.29) is 12.2 Å². The Morgan fingerprint density at radius 1 is 1.14 bits per heavy atom. The van der Waals surface area contributed by atoms with E-state index >= 15 is 0 Å². The van der Waals surface area contributed by atoms with Gasteiger partial charge in [0.1, 0.15) is 6.61 Å². The van der Waals surface area contributed by atoms with Gasteiger partial charge in [-0.05, 0) is 54.7 Å². The van der Waals surface area contributed by atoms with E-state index in [9.17, 15) is 18.0 Å². The Labute approximate surface area is 207 Å². The van der Waals surface area contributed by atoms with Gasteiger partial charge >= 0.3 is 5.97 Å². The summed E-state index contributed by atoms with van der Waals surface area (Å²) >= 11 is 1.51. The molecule has 0 saturated heterocycles. The Bertz CT molecular complexity index is 1510. The maximum Gasteiger partial charge on any atom is 0.340 e. The Morgan fingerprint density at radius 3 is 2.49 bits per heavy atom. The van der Waals surface area contributed by atoms with Crippen LogP contribution in [0.4, 0.5) is 0 Å². The van der Waals surface area contributed by atoms with Crippen molar-refractivity contribution in [3.8, 4) is 11.1 Å². The van der Waals surface area contributed by atoms with E-state index in [1.54, 1.807) is 16.7 Å². The molecule has 184 valence electrons. The quantitative estimate of drug-likeness (QED) is 0.236. The number of aromatic nitrogens is 1. The Kier molecular flexibility index (Phi) is 8.57. The lowest BCUT2D eigenvalue weighted by molar-refractivity contribution is 0.0551. The van der Waals surface area contributed by atoms with Gasteiger partial charge in [0.25, 0.3) is 15.7 Å². The van der Waals surface area contributed by atoms with Crippen LogP contribution in [0.2, 0.25) is 0 Å². The van der Waals surface area contributed by atoms with Crippen molar-refractivity contribution in [2.45, 2.75) is 0 Å². The second-order valence-electron chi connectivity index (χ2n) is 7.95. The molecule has 0 aliphatic rings. The first-order chi connectivity index (χ1) is 16.6. The van der Waals surface area contributed by atoms with Crippen molar-refractivity contribution in [2.75, 3.05) is 33.5 Å². The van der Waals surface area contributed by atoms with Gasteiger partial charge in [-0.25, -0.2) is 4.79 Å². The van der Waals surface area contributed by atoms with Crippen molar-refractivity contribution < 1.29 is 22.5 Å². The lowest BCUT2D eigenvalue weighted by atomic mass is 10.0. The first-order valence-electron chi connectivity index (χ1n) is 10.6. The summed E-state index contributed by atoms with van der Waals surface area (Å²) in [5.74, 6) is -0.444. The van der Waals surface area contributed by atoms with E-state index < -0.39 is 16.1 Å². The van der Waals surface area contributed by atoms with Gasteiger partial charge in [-0.1, -0.05) is 36.4 Å². The summed E-state index contributed by atoms with van der Waals surface area (Å²) in [6, 6.07) is 14.9. The first-order valence-corrected chi connectivity index (χ1v) is 13.3. The van der Waals surface area contributed by atoms with Gasteiger partial charge in [-0.3, -0.25) is 13.7 Å². The molecule has 0 amide bonds. The van der Waals surface area contributed by atoms with Crippen molar-refractivity contribution in [2.24, 2.45) is 0 Å². The van der Waals surface area contributed by atoms with Crippen molar-refractivity contribution in [1.82, 2.24) is 9.30 Å². The highest BCUT2D eigenvalue weighted by Gasteiger charge is 2.19. The molecular weight excluding hydrogens is 488 g/mol.